The Bertz CT molecular complexity index is 819. The maximum atomic E-state index is 12.8. The summed E-state index contributed by atoms with van der Waals surface area (Å²) in [6.07, 6.45) is 2.23. The molecule has 1 aliphatic rings. The fraction of sp³-hybridized carbons (Fsp3) is 0.375. The Morgan fingerprint density at radius 2 is 2.04 bits per heavy atom. The molecule has 0 aromatic carbocycles. The third-order valence-electron chi connectivity index (χ3n) is 4.10. The number of hydrogen-bond acceptors (Lipinski definition) is 4. The first kappa shape index (κ1) is 17.7. The molecular weight excluding hydrogens is 365 g/mol. The van der Waals surface area contributed by atoms with Crippen LogP contribution in [0, 0.1) is 0 Å². The van der Waals surface area contributed by atoms with Crippen LogP contribution < -0.4 is 0 Å². The second-order valence-corrected chi connectivity index (χ2v) is 6.50. The summed E-state index contributed by atoms with van der Waals surface area (Å²) in [6.45, 7) is 3.03. The third kappa shape index (κ3) is 3.34. The summed E-state index contributed by atoms with van der Waals surface area (Å²) in [6, 6.07) is 3.12. The summed E-state index contributed by atoms with van der Waals surface area (Å²) in [7, 11) is 1.65. The molecule has 0 radical (unpaired) electrons. The van der Waals surface area contributed by atoms with Gasteiger partial charge >= 0.3 is 6.03 Å². The minimum atomic E-state index is -0.429. The minimum Gasteiger partial charge on any atom is -0.318 e. The number of imide groups is 1. The van der Waals surface area contributed by atoms with Crippen LogP contribution in [-0.2, 0) is 20.0 Å². The number of hydrogen-bond donors (Lipinski definition) is 0. The maximum absolute atomic E-state index is 12.8. The first-order chi connectivity index (χ1) is 11.9. The van der Waals surface area contributed by atoms with Gasteiger partial charge in [-0.3, -0.25) is 14.4 Å². The van der Waals surface area contributed by atoms with Gasteiger partial charge in [0.15, 0.2) is 0 Å². The monoisotopic (exact) mass is 381 g/mol. The predicted molar refractivity (Wildman–Crippen MR) is 93.7 cm³/mol. The van der Waals surface area contributed by atoms with E-state index in [2.05, 4.69) is 10.1 Å². The first-order valence-electron chi connectivity index (χ1n) is 7.85. The van der Waals surface area contributed by atoms with E-state index in [9.17, 15) is 9.59 Å². The quantitative estimate of drug-likeness (QED) is 0.763. The van der Waals surface area contributed by atoms with Crippen LogP contribution in [-0.4, -0.2) is 49.6 Å². The lowest BCUT2D eigenvalue weighted by molar-refractivity contribution is 0.0811. The second-order valence-electron chi connectivity index (χ2n) is 5.74. The number of amides is 3. The highest BCUT2D eigenvalue weighted by Crippen LogP contribution is 2.24. The highest BCUT2D eigenvalue weighted by Gasteiger charge is 2.36. The van der Waals surface area contributed by atoms with E-state index < -0.39 is 5.91 Å². The molecule has 1 saturated heterocycles. The smallest absolute Gasteiger partial charge is 0.318 e. The summed E-state index contributed by atoms with van der Waals surface area (Å²) < 4.78 is 1.43. The molecule has 1 aliphatic heterocycles. The van der Waals surface area contributed by atoms with Crippen LogP contribution >= 0.6 is 23.2 Å². The van der Waals surface area contributed by atoms with E-state index in [4.69, 9.17) is 23.2 Å². The highest BCUT2D eigenvalue weighted by atomic mass is 35.5. The topological polar surface area (TPSA) is 71.3 Å². The molecule has 0 saturated carbocycles. The SMILES string of the molecule is CCc1nn(C)c(C(=O)N2CCN(Cc3ccc(Cl)nc3)C2=O)c1Cl. The van der Waals surface area contributed by atoms with E-state index >= 15 is 0 Å². The van der Waals surface area contributed by atoms with Crippen LogP contribution in [0.5, 0.6) is 0 Å². The lowest BCUT2D eigenvalue weighted by atomic mass is 10.3. The Morgan fingerprint density at radius 3 is 2.64 bits per heavy atom. The van der Waals surface area contributed by atoms with Crippen LogP contribution in [0.15, 0.2) is 18.3 Å². The van der Waals surface area contributed by atoms with Gasteiger partial charge in [0.2, 0.25) is 0 Å². The summed E-state index contributed by atoms with van der Waals surface area (Å²) in [5.74, 6) is -0.429. The van der Waals surface area contributed by atoms with E-state index in [0.29, 0.717) is 41.9 Å². The third-order valence-corrected chi connectivity index (χ3v) is 4.72. The molecule has 25 heavy (non-hydrogen) atoms. The normalized spacial score (nSPS) is 14.5. The van der Waals surface area contributed by atoms with Gasteiger partial charge in [-0.1, -0.05) is 36.2 Å². The van der Waals surface area contributed by atoms with E-state index in [1.54, 1.807) is 30.3 Å². The van der Waals surface area contributed by atoms with Crippen molar-refractivity contribution in [1.29, 1.82) is 0 Å². The van der Waals surface area contributed by atoms with Crippen molar-refractivity contribution in [1.82, 2.24) is 24.6 Å². The molecule has 1 fully saturated rings. The van der Waals surface area contributed by atoms with Gasteiger partial charge in [-0.15, -0.1) is 0 Å². The molecule has 3 amide bonds. The first-order valence-corrected chi connectivity index (χ1v) is 8.60. The van der Waals surface area contributed by atoms with Gasteiger partial charge in [-0.25, -0.2) is 9.78 Å². The van der Waals surface area contributed by atoms with E-state index in [0.717, 1.165) is 5.56 Å². The lowest BCUT2D eigenvalue weighted by Gasteiger charge is -2.17. The summed E-state index contributed by atoms with van der Waals surface area (Å²) in [5, 5.41) is 4.94. The lowest BCUT2D eigenvalue weighted by Crippen LogP contribution is -2.37. The Labute approximate surface area is 155 Å². The molecule has 0 bridgehead atoms. The van der Waals surface area contributed by atoms with Crippen molar-refractivity contribution < 1.29 is 9.59 Å². The highest BCUT2D eigenvalue weighted by molar-refractivity contribution is 6.34. The zero-order chi connectivity index (χ0) is 18.1. The number of carbonyl (C=O) groups excluding carboxylic acids is 2. The number of aryl methyl sites for hydroxylation is 2. The second kappa shape index (κ2) is 7.01. The average molecular weight is 382 g/mol. The van der Waals surface area contributed by atoms with Crippen molar-refractivity contribution in [2.45, 2.75) is 19.9 Å². The van der Waals surface area contributed by atoms with Crippen LogP contribution in [0.4, 0.5) is 4.79 Å². The fourth-order valence-electron chi connectivity index (χ4n) is 2.78. The van der Waals surface area contributed by atoms with Crippen LogP contribution in [0.2, 0.25) is 10.2 Å². The molecule has 2 aromatic rings. The molecule has 0 aliphatic carbocycles. The van der Waals surface area contributed by atoms with Gasteiger partial charge in [0, 0.05) is 32.9 Å². The molecular formula is C16H17Cl2N5O2. The maximum Gasteiger partial charge on any atom is 0.327 e. The number of pyridine rings is 1. The summed E-state index contributed by atoms with van der Waals surface area (Å²) >= 11 is 12.0. The Morgan fingerprint density at radius 1 is 1.28 bits per heavy atom. The molecule has 3 heterocycles. The molecule has 0 spiro atoms. The van der Waals surface area contributed by atoms with Crippen molar-refractivity contribution in [2.24, 2.45) is 7.05 Å². The zero-order valence-corrected chi connectivity index (χ0v) is 15.4. The standard InChI is InChI=1S/C16H17Cl2N5O2/c1-3-11-13(18)14(21(2)20-11)15(24)23-7-6-22(16(23)25)9-10-4-5-12(17)19-8-10/h4-5,8H,3,6-7,9H2,1-2H3. The molecule has 0 unspecified atom stereocenters. The number of nitrogens with zero attached hydrogens (tertiary/aromatic N) is 5. The van der Waals surface area contributed by atoms with Gasteiger partial charge < -0.3 is 4.90 Å². The van der Waals surface area contributed by atoms with Gasteiger partial charge in [-0.2, -0.15) is 5.10 Å². The van der Waals surface area contributed by atoms with Crippen molar-refractivity contribution >= 4 is 35.1 Å². The van der Waals surface area contributed by atoms with Gasteiger partial charge in [0.25, 0.3) is 5.91 Å². The zero-order valence-electron chi connectivity index (χ0n) is 13.9. The van der Waals surface area contributed by atoms with Crippen molar-refractivity contribution in [3.05, 3.63) is 45.5 Å². The number of rotatable bonds is 4. The predicted octanol–water partition coefficient (Wildman–Crippen LogP) is 2.76. The molecule has 9 heteroatoms. The van der Waals surface area contributed by atoms with E-state index in [1.807, 2.05) is 6.92 Å². The number of urea groups is 1. The van der Waals surface area contributed by atoms with Gasteiger partial charge in [0.05, 0.1) is 10.7 Å². The van der Waals surface area contributed by atoms with Gasteiger partial charge in [-0.05, 0) is 18.1 Å². The average Bonchev–Trinajstić information content (AvgIpc) is 3.09. The molecule has 7 nitrogen and oxygen atoms in total. The van der Waals surface area contributed by atoms with Crippen molar-refractivity contribution in [3.63, 3.8) is 0 Å². The van der Waals surface area contributed by atoms with Crippen LogP contribution in [0.3, 0.4) is 0 Å². The van der Waals surface area contributed by atoms with Crippen LogP contribution in [0.25, 0.3) is 0 Å². The van der Waals surface area contributed by atoms with Gasteiger partial charge in [0.1, 0.15) is 10.8 Å². The van der Waals surface area contributed by atoms with E-state index in [-0.39, 0.29) is 11.7 Å². The number of carbonyl (C=O) groups is 2. The molecule has 132 valence electrons. The van der Waals surface area contributed by atoms with Crippen molar-refractivity contribution in [2.75, 3.05) is 13.1 Å². The number of halogens is 2. The minimum absolute atomic E-state index is 0.238. The molecule has 3 rings (SSSR count). The molecule has 2 aromatic heterocycles. The Hall–Kier alpha value is -2.12. The number of aromatic nitrogens is 3. The van der Waals surface area contributed by atoms with Crippen LogP contribution in [0.1, 0.15) is 28.7 Å². The Kier molecular flexibility index (Phi) is 4.96. The van der Waals surface area contributed by atoms with Crippen molar-refractivity contribution in [3.8, 4) is 0 Å². The Balaban J connectivity index is 1.76. The largest absolute Gasteiger partial charge is 0.327 e. The van der Waals surface area contributed by atoms with E-state index in [1.165, 1.54) is 9.58 Å². The molecule has 0 atom stereocenters. The summed E-state index contributed by atoms with van der Waals surface area (Å²) in [5.41, 5.74) is 1.73. The molecule has 0 N–H and O–H groups in total. The fourth-order valence-corrected chi connectivity index (χ4v) is 3.26. The summed E-state index contributed by atoms with van der Waals surface area (Å²) in [4.78, 5) is 32.2.